The minimum Gasteiger partial charge on any atom is -0.371 e. The highest BCUT2D eigenvalue weighted by Gasteiger charge is 2.22. The Morgan fingerprint density at radius 1 is 1.57 bits per heavy atom. The average molecular weight is 212 g/mol. The van der Waals surface area contributed by atoms with Gasteiger partial charge in [0.2, 0.25) is 0 Å². The van der Waals surface area contributed by atoms with Crippen LogP contribution in [0.3, 0.4) is 0 Å². The molecule has 1 rings (SSSR count). The van der Waals surface area contributed by atoms with Gasteiger partial charge in [0.1, 0.15) is 16.1 Å². The fraction of sp³-hybridized carbons (Fsp3) is 0.600. The van der Waals surface area contributed by atoms with E-state index in [4.69, 9.17) is 17.0 Å². The molecule has 14 heavy (non-hydrogen) atoms. The SMILES string of the molecule is CCc1cc(=S)nc(C(C)(C)OC)[nH]1. The first-order valence-electron chi connectivity index (χ1n) is 4.65. The van der Waals surface area contributed by atoms with Crippen LogP contribution in [-0.4, -0.2) is 17.1 Å². The second-order valence-electron chi connectivity index (χ2n) is 3.66. The highest BCUT2D eigenvalue weighted by atomic mass is 32.1. The van der Waals surface area contributed by atoms with Gasteiger partial charge in [0.15, 0.2) is 0 Å². The summed E-state index contributed by atoms with van der Waals surface area (Å²) >= 11 is 5.08. The highest BCUT2D eigenvalue weighted by molar-refractivity contribution is 7.71. The van der Waals surface area contributed by atoms with Crippen LogP contribution in [0.25, 0.3) is 0 Å². The van der Waals surface area contributed by atoms with Crippen molar-refractivity contribution in [1.82, 2.24) is 9.97 Å². The predicted octanol–water partition coefficient (Wildman–Crippen LogP) is 2.58. The van der Waals surface area contributed by atoms with Gasteiger partial charge in [-0.15, -0.1) is 0 Å². The number of methoxy groups -OCH3 is 1. The minimum atomic E-state index is -0.418. The van der Waals surface area contributed by atoms with Crippen molar-refractivity contribution >= 4 is 12.2 Å². The molecule has 0 amide bonds. The smallest absolute Gasteiger partial charge is 0.139 e. The fourth-order valence-electron chi connectivity index (χ4n) is 1.08. The Bertz CT molecular complexity index is 371. The summed E-state index contributed by atoms with van der Waals surface area (Å²) in [4.78, 5) is 7.48. The van der Waals surface area contributed by atoms with Gasteiger partial charge in [0.05, 0.1) is 0 Å². The number of hydrogen-bond acceptors (Lipinski definition) is 3. The lowest BCUT2D eigenvalue weighted by atomic mass is 10.1. The second kappa shape index (κ2) is 4.19. The van der Waals surface area contributed by atoms with Crippen LogP contribution >= 0.6 is 12.2 Å². The molecule has 1 aromatic rings. The molecule has 0 spiro atoms. The number of rotatable bonds is 3. The zero-order chi connectivity index (χ0) is 10.8. The summed E-state index contributed by atoms with van der Waals surface area (Å²) in [5.74, 6) is 0.782. The molecule has 0 atom stereocenters. The predicted molar refractivity (Wildman–Crippen MR) is 58.8 cm³/mol. The number of nitrogens with zero attached hydrogens (tertiary/aromatic N) is 1. The maximum Gasteiger partial charge on any atom is 0.139 e. The Balaban J connectivity index is 3.22. The van der Waals surface area contributed by atoms with Gasteiger partial charge in [-0.05, 0) is 26.3 Å². The third-order valence-electron chi connectivity index (χ3n) is 2.26. The lowest BCUT2D eigenvalue weighted by Gasteiger charge is -2.22. The minimum absolute atomic E-state index is 0.418. The van der Waals surface area contributed by atoms with E-state index in [9.17, 15) is 0 Å². The maximum atomic E-state index is 5.34. The fourth-order valence-corrected chi connectivity index (χ4v) is 1.31. The first-order valence-corrected chi connectivity index (χ1v) is 5.06. The van der Waals surface area contributed by atoms with Crippen molar-refractivity contribution in [3.05, 3.63) is 22.2 Å². The Morgan fingerprint density at radius 2 is 2.21 bits per heavy atom. The molecule has 0 saturated carbocycles. The maximum absolute atomic E-state index is 5.34. The summed E-state index contributed by atoms with van der Waals surface area (Å²) in [5, 5.41) is 0. The topological polar surface area (TPSA) is 37.9 Å². The summed E-state index contributed by atoms with van der Waals surface area (Å²) in [6.45, 7) is 5.99. The van der Waals surface area contributed by atoms with Gasteiger partial charge in [-0.1, -0.05) is 19.1 Å². The number of aromatic amines is 1. The van der Waals surface area contributed by atoms with Crippen molar-refractivity contribution < 1.29 is 4.74 Å². The molecule has 0 unspecified atom stereocenters. The van der Waals surface area contributed by atoms with E-state index in [0.717, 1.165) is 17.9 Å². The molecule has 0 aliphatic heterocycles. The monoisotopic (exact) mass is 212 g/mol. The van der Waals surface area contributed by atoms with Gasteiger partial charge < -0.3 is 9.72 Å². The summed E-state index contributed by atoms with van der Waals surface area (Å²) in [6, 6.07) is 1.88. The van der Waals surface area contributed by atoms with E-state index in [1.807, 2.05) is 19.9 Å². The Hall–Kier alpha value is -0.740. The molecule has 3 nitrogen and oxygen atoms in total. The number of aryl methyl sites for hydroxylation is 1. The van der Waals surface area contributed by atoms with Gasteiger partial charge in [-0.2, -0.15) is 0 Å². The first-order chi connectivity index (χ1) is 6.49. The summed E-state index contributed by atoms with van der Waals surface area (Å²) < 4.78 is 5.95. The first kappa shape index (κ1) is 11.3. The molecule has 0 aliphatic rings. The normalized spacial score (nSPS) is 11.7. The molecule has 4 heteroatoms. The standard InChI is InChI=1S/C10H16N2OS/c1-5-7-6-8(14)12-9(11-7)10(2,3)13-4/h6H,5H2,1-4H3,(H,11,12,14). The van der Waals surface area contributed by atoms with Gasteiger partial charge in [-0.25, -0.2) is 4.98 Å². The number of aromatic nitrogens is 2. The van der Waals surface area contributed by atoms with E-state index in [1.165, 1.54) is 0 Å². The lowest BCUT2D eigenvalue weighted by molar-refractivity contribution is 0.0112. The molecule has 1 aromatic heterocycles. The van der Waals surface area contributed by atoms with Crippen LogP contribution in [0, 0.1) is 4.64 Å². The van der Waals surface area contributed by atoms with Gasteiger partial charge in [-0.3, -0.25) is 0 Å². The van der Waals surface area contributed by atoms with Crippen molar-refractivity contribution in [2.24, 2.45) is 0 Å². The van der Waals surface area contributed by atoms with Crippen LogP contribution < -0.4 is 0 Å². The number of ether oxygens (including phenoxy) is 1. The molecule has 0 saturated heterocycles. The zero-order valence-electron chi connectivity index (χ0n) is 9.05. The number of H-pyrrole nitrogens is 1. The van der Waals surface area contributed by atoms with E-state index in [0.29, 0.717) is 4.64 Å². The lowest BCUT2D eigenvalue weighted by Crippen LogP contribution is -2.23. The highest BCUT2D eigenvalue weighted by Crippen LogP contribution is 2.19. The molecular formula is C10H16N2OS. The van der Waals surface area contributed by atoms with E-state index in [1.54, 1.807) is 7.11 Å². The van der Waals surface area contributed by atoms with Crippen LogP contribution in [0.4, 0.5) is 0 Å². The molecule has 78 valence electrons. The quantitative estimate of drug-likeness (QED) is 0.783. The zero-order valence-corrected chi connectivity index (χ0v) is 9.86. The summed E-state index contributed by atoms with van der Waals surface area (Å²) in [6.07, 6.45) is 0.916. The Kier molecular flexibility index (Phi) is 3.39. The van der Waals surface area contributed by atoms with Crippen LogP contribution in [-0.2, 0) is 16.8 Å². The van der Waals surface area contributed by atoms with Crippen molar-refractivity contribution in [3.63, 3.8) is 0 Å². The van der Waals surface area contributed by atoms with Crippen molar-refractivity contribution in [2.45, 2.75) is 32.8 Å². The van der Waals surface area contributed by atoms with E-state index in [2.05, 4.69) is 16.9 Å². The summed E-state index contributed by atoms with van der Waals surface area (Å²) in [5.41, 5.74) is 0.670. The molecule has 0 aromatic carbocycles. The molecule has 0 bridgehead atoms. The molecule has 1 N–H and O–H groups in total. The van der Waals surface area contributed by atoms with Crippen LogP contribution in [0.2, 0.25) is 0 Å². The van der Waals surface area contributed by atoms with Gasteiger partial charge in [0.25, 0.3) is 0 Å². The van der Waals surface area contributed by atoms with Crippen LogP contribution in [0.15, 0.2) is 6.07 Å². The Labute approximate surface area is 89.5 Å². The molecule has 1 heterocycles. The largest absolute Gasteiger partial charge is 0.371 e. The van der Waals surface area contributed by atoms with Crippen molar-refractivity contribution in [1.29, 1.82) is 0 Å². The van der Waals surface area contributed by atoms with E-state index < -0.39 is 5.60 Å². The average Bonchev–Trinajstić information content (AvgIpc) is 2.16. The third-order valence-corrected chi connectivity index (χ3v) is 2.47. The summed E-state index contributed by atoms with van der Waals surface area (Å²) in [7, 11) is 1.66. The molecular weight excluding hydrogens is 196 g/mol. The van der Waals surface area contributed by atoms with Crippen LogP contribution in [0.5, 0.6) is 0 Å². The van der Waals surface area contributed by atoms with E-state index >= 15 is 0 Å². The molecule has 0 aliphatic carbocycles. The Morgan fingerprint density at radius 3 is 2.71 bits per heavy atom. The number of nitrogens with one attached hydrogen (secondary N) is 1. The number of hydrogen-bond donors (Lipinski definition) is 1. The second-order valence-corrected chi connectivity index (χ2v) is 4.08. The van der Waals surface area contributed by atoms with Crippen molar-refractivity contribution in [3.8, 4) is 0 Å². The molecule has 0 radical (unpaired) electrons. The van der Waals surface area contributed by atoms with Crippen molar-refractivity contribution in [2.75, 3.05) is 7.11 Å². The van der Waals surface area contributed by atoms with Gasteiger partial charge in [0, 0.05) is 12.8 Å². The third kappa shape index (κ3) is 2.39. The van der Waals surface area contributed by atoms with E-state index in [-0.39, 0.29) is 0 Å². The van der Waals surface area contributed by atoms with Gasteiger partial charge >= 0.3 is 0 Å². The van der Waals surface area contributed by atoms with Crippen LogP contribution in [0.1, 0.15) is 32.3 Å². The molecule has 0 fully saturated rings.